The Bertz CT molecular complexity index is 769. The molecule has 0 atom stereocenters. The molecule has 0 aromatic heterocycles. The number of ether oxygens (including phenoxy) is 5. The fraction of sp³-hybridized carbons (Fsp3) is 0.500. The number of hydrogen-bond donors (Lipinski definition) is 1. The summed E-state index contributed by atoms with van der Waals surface area (Å²) in [5, 5.41) is 3.56. The van der Waals surface area contributed by atoms with Crippen molar-refractivity contribution >= 4 is 11.4 Å². The van der Waals surface area contributed by atoms with E-state index in [1.54, 1.807) is 0 Å². The van der Waals surface area contributed by atoms with Crippen LogP contribution in [0, 0.1) is 27.7 Å². The Kier molecular flexibility index (Phi) is 8.37. The van der Waals surface area contributed by atoms with Gasteiger partial charge in [-0.05, 0) is 62.1 Å². The Hall–Kier alpha value is -2.28. The molecule has 30 heavy (non-hydrogen) atoms. The molecular weight excluding hydrogens is 382 g/mol. The van der Waals surface area contributed by atoms with Gasteiger partial charge in [0.2, 0.25) is 0 Å². The minimum absolute atomic E-state index is 0.470. The average Bonchev–Trinajstić information content (AvgIpc) is 2.68. The van der Waals surface area contributed by atoms with E-state index in [1.165, 1.54) is 0 Å². The molecule has 6 nitrogen and oxygen atoms in total. The van der Waals surface area contributed by atoms with E-state index in [9.17, 15) is 0 Å². The van der Waals surface area contributed by atoms with Crippen LogP contribution in [0.4, 0.5) is 11.4 Å². The van der Waals surface area contributed by atoms with Gasteiger partial charge in [0.1, 0.15) is 24.7 Å². The van der Waals surface area contributed by atoms with Crippen molar-refractivity contribution in [2.75, 3.05) is 58.2 Å². The largest absolute Gasteiger partial charge is 0.489 e. The van der Waals surface area contributed by atoms with Crippen LogP contribution >= 0.6 is 0 Å². The van der Waals surface area contributed by atoms with E-state index < -0.39 is 0 Å². The summed E-state index contributed by atoms with van der Waals surface area (Å²) in [5.74, 6) is 1.66. The lowest BCUT2D eigenvalue weighted by molar-refractivity contribution is 0.00494. The van der Waals surface area contributed by atoms with E-state index >= 15 is 0 Å². The topological polar surface area (TPSA) is 58.2 Å². The Labute approximate surface area is 179 Å². The summed E-state index contributed by atoms with van der Waals surface area (Å²) in [5.41, 5.74) is 6.33. The predicted molar refractivity (Wildman–Crippen MR) is 119 cm³/mol. The molecular formula is C24H33NO5. The van der Waals surface area contributed by atoms with Gasteiger partial charge in [0.05, 0.1) is 51.0 Å². The second-order valence-electron chi connectivity index (χ2n) is 7.58. The van der Waals surface area contributed by atoms with Gasteiger partial charge in [0.15, 0.2) is 0 Å². The second kappa shape index (κ2) is 11.2. The van der Waals surface area contributed by atoms with Crippen LogP contribution in [-0.4, -0.2) is 52.9 Å². The summed E-state index contributed by atoms with van der Waals surface area (Å²) < 4.78 is 29.0. The summed E-state index contributed by atoms with van der Waals surface area (Å²) >= 11 is 0. The molecule has 1 aliphatic heterocycles. The standard InChI is InChI=1S/C24H33NO5/c1-17-13-19(3)23-21(15-17)25-22-16-18(2)14-20(4)24(22)30-12-10-28-8-6-26-5-7-27-9-11-29-23/h13-16,25H,5-12H2,1-4H3. The van der Waals surface area contributed by atoms with Crippen molar-refractivity contribution < 1.29 is 23.7 Å². The minimum atomic E-state index is 0.470. The molecule has 2 aromatic carbocycles. The van der Waals surface area contributed by atoms with Crippen molar-refractivity contribution in [3.63, 3.8) is 0 Å². The smallest absolute Gasteiger partial charge is 0.145 e. The average molecular weight is 416 g/mol. The molecule has 1 N–H and O–H groups in total. The van der Waals surface area contributed by atoms with Gasteiger partial charge >= 0.3 is 0 Å². The van der Waals surface area contributed by atoms with Crippen LogP contribution in [0.3, 0.4) is 0 Å². The van der Waals surface area contributed by atoms with Crippen molar-refractivity contribution in [1.82, 2.24) is 0 Å². The van der Waals surface area contributed by atoms with E-state index in [0.717, 1.165) is 45.1 Å². The maximum atomic E-state index is 6.11. The SMILES string of the molecule is Cc1cc(C)c2c(c1)Nc1cc(C)cc(C)c1OCCOCCOCCOCCO2. The lowest BCUT2D eigenvalue weighted by atomic mass is 10.1. The molecule has 1 heterocycles. The Morgan fingerprint density at radius 1 is 0.533 bits per heavy atom. The van der Waals surface area contributed by atoms with E-state index in [2.05, 4.69) is 57.3 Å². The molecule has 0 fully saturated rings. The quantitative estimate of drug-likeness (QED) is 0.684. The highest BCUT2D eigenvalue weighted by Gasteiger charge is 2.14. The molecule has 1 aliphatic rings. The molecule has 0 unspecified atom stereocenters. The van der Waals surface area contributed by atoms with Crippen LogP contribution in [0.15, 0.2) is 24.3 Å². The minimum Gasteiger partial charge on any atom is -0.489 e. The van der Waals surface area contributed by atoms with Crippen LogP contribution in [-0.2, 0) is 14.2 Å². The van der Waals surface area contributed by atoms with E-state index in [-0.39, 0.29) is 0 Å². The molecule has 0 radical (unpaired) electrons. The Morgan fingerprint density at radius 3 is 1.30 bits per heavy atom. The number of rotatable bonds is 0. The van der Waals surface area contributed by atoms with Crippen molar-refractivity contribution in [1.29, 1.82) is 0 Å². The maximum Gasteiger partial charge on any atom is 0.145 e. The van der Waals surface area contributed by atoms with Gasteiger partial charge in [-0.2, -0.15) is 0 Å². The molecule has 3 rings (SSSR count). The van der Waals surface area contributed by atoms with Gasteiger partial charge in [-0.1, -0.05) is 12.1 Å². The number of fused-ring (bicyclic) bond motifs is 2. The highest BCUT2D eigenvalue weighted by Crippen LogP contribution is 2.37. The summed E-state index contributed by atoms with van der Waals surface area (Å²) in [6.45, 7) is 12.4. The third kappa shape index (κ3) is 6.36. The van der Waals surface area contributed by atoms with Gasteiger partial charge in [-0.25, -0.2) is 0 Å². The van der Waals surface area contributed by atoms with Gasteiger partial charge in [-0.3, -0.25) is 0 Å². The second-order valence-corrected chi connectivity index (χ2v) is 7.58. The highest BCUT2D eigenvalue weighted by atomic mass is 16.6. The number of hydrogen-bond acceptors (Lipinski definition) is 6. The van der Waals surface area contributed by atoms with Crippen molar-refractivity contribution in [2.45, 2.75) is 27.7 Å². The summed E-state index contributed by atoms with van der Waals surface area (Å²) in [6.07, 6.45) is 0. The lowest BCUT2D eigenvalue weighted by Crippen LogP contribution is -2.15. The van der Waals surface area contributed by atoms with Crippen LogP contribution in [0.5, 0.6) is 11.5 Å². The first-order chi connectivity index (χ1) is 14.5. The van der Waals surface area contributed by atoms with Crippen LogP contribution in [0.25, 0.3) is 0 Å². The first kappa shape index (κ1) is 22.4. The lowest BCUT2D eigenvalue weighted by Gasteiger charge is -2.20. The van der Waals surface area contributed by atoms with Gasteiger partial charge in [0.25, 0.3) is 0 Å². The molecule has 6 heteroatoms. The molecule has 2 aromatic rings. The van der Waals surface area contributed by atoms with Crippen LogP contribution < -0.4 is 14.8 Å². The summed E-state index contributed by atoms with van der Waals surface area (Å²) in [6, 6.07) is 8.44. The molecule has 0 spiro atoms. The van der Waals surface area contributed by atoms with Gasteiger partial charge in [-0.15, -0.1) is 0 Å². The van der Waals surface area contributed by atoms with E-state index in [1.807, 2.05) is 0 Å². The van der Waals surface area contributed by atoms with E-state index in [0.29, 0.717) is 52.9 Å². The zero-order valence-corrected chi connectivity index (χ0v) is 18.5. The zero-order chi connectivity index (χ0) is 21.3. The molecule has 0 saturated heterocycles. The van der Waals surface area contributed by atoms with E-state index in [4.69, 9.17) is 23.7 Å². The predicted octanol–water partition coefficient (Wildman–Crippen LogP) is 4.48. The maximum absolute atomic E-state index is 6.11. The first-order valence-corrected chi connectivity index (χ1v) is 10.5. The third-order valence-electron chi connectivity index (χ3n) is 4.80. The fourth-order valence-corrected chi connectivity index (χ4v) is 3.57. The zero-order valence-electron chi connectivity index (χ0n) is 18.5. The van der Waals surface area contributed by atoms with Crippen LogP contribution in [0.1, 0.15) is 22.3 Å². The first-order valence-electron chi connectivity index (χ1n) is 10.5. The molecule has 0 amide bonds. The van der Waals surface area contributed by atoms with Crippen molar-refractivity contribution in [2.24, 2.45) is 0 Å². The molecule has 164 valence electrons. The summed E-state index contributed by atoms with van der Waals surface area (Å²) in [7, 11) is 0. The Balaban J connectivity index is 1.89. The monoisotopic (exact) mass is 415 g/mol. The molecule has 0 aliphatic carbocycles. The fourth-order valence-electron chi connectivity index (χ4n) is 3.57. The summed E-state index contributed by atoms with van der Waals surface area (Å²) in [4.78, 5) is 0. The van der Waals surface area contributed by atoms with Crippen LogP contribution in [0.2, 0.25) is 0 Å². The molecule has 0 saturated carbocycles. The Morgan fingerprint density at radius 2 is 0.900 bits per heavy atom. The number of benzene rings is 2. The van der Waals surface area contributed by atoms with Crippen molar-refractivity contribution in [3.05, 3.63) is 46.5 Å². The molecule has 0 bridgehead atoms. The number of aryl methyl sites for hydroxylation is 4. The number of anilines is 2. The van der Waals surface area contributed by atoms with Gasteiger partial charge < -0.3 is 29.0 Å². The highest BCUT2D eigenvalue weighted by molar-refractivity contribution is 5.74. The van der Waals surface area contributed by atoms with Gasteiger partial charge in [0, 0.05) is 0 Å². The van der Waals surface area contributed by atoms with Crippen molar-refractivity contribution in [3.8, 4) is 11.5 Å². The third-order valence-corrected chi connectivity index (χ3v) is 4.80. The normalized spacial score (nSPS) is 16.7. The number of nitrogens with one attached hydrogen (secondary N) is 1.